The summed E-state index contributed by atoms with van der Waals surface area (Å²) in [5.41, 5.74) is 8.41. The van der Waals surface area contributed by atoms with Crippen molar-refractivity contribution in [1.82, 2.24) is 9.55 Å². The molecule has 2 aromatic heterocycles. The van der Waals surface area contributed by atoms with Crippen LogP contribution >= 0.6 is 11.3 Å². The van der Waals surface area contributed by atoms with Crippen molar-refractivity contribution in [2.45, 2.75) is 37.6 Å². The molecule has 0 fully saturated rings. The first-order valence-corrected chi connectivity index (χ1v) is 12.2. The van der Waals surface area contributed by atoms with Gasteiger partial charge in [0, 0.05) is 29.4 Å². The number of nitrogens with one attached hydrogen (secondary N) is 1. The number of sulfonamides is 1. The van der Waals surface area contributed by atoms with Gasteiger partial charge in [0.2, 0.25) is 0 Å². The number of nitrogens with two attached hydrogens (primary N) is 1. The molecule has 3 N–H and O–H groups in total. The average molecular weight is 477 g/mol. The number of halogens is 1. The molecule has 0 saturated carbocycles. The van der Waals surface area contributed by atoms with Crippen LogP contribution < -0.4 is 16.2 Å². The molecular weight excluding hydrogens is 455 g/mol. The van der Waals surface area contributed by atoms with Crippen molar-refractivity contribution < 1.29 is 17.2 Å². The number of rotatable bonds is 7. The standard InChI is InChI=1S/C21H21FN4O4S2/c1-3-5-16(13-6-4-7-15(23)12(13)2)26-17-10-14(22)19(11-18(17)30-21(26)27)32(28,29)25-20-24-8-9-31-20/h4,6-11,16H,3,5,23H2,1-2H3,(H,24,25). The Morgan fingerprint density at radius 3 is 2.81 bits per heavy atom. The number of benzene rings is 2. The molecule has 8 nitrogen and oxygen atoms in total. The first-order chi connectivity index (χ1) is 15.2. The topological polar surface area (TPSA) is 120 Å². The molecule has 0 bridgehead atoms. The minimum Gasteiger partial charge on any atom is -0.408 e. The second-order valence-electron chi connectivity index (χ2n) is 7.30. The molecule has 168 valence electrons. The number of anilines is 2. The smallest absolute Gasteiger partial charge is 0.408 e. The largest absolute Gasteiger partial charge is 0.420 e. The fourth-order valence-electron chi connectivity index (χ4n) is 3.71. The van der Waals surface area contributed by atoms with E-state index < -0.39 is 32.5 Å². The van der Waals surface area contributed by atoms with E-state index in [4.69, 9.17) is 10.2 Å². The predicted octanol–water partition coefficient (Wildman–Crippen LogP) is 4.27. The first-order valence-electron chi connectivity index (χ1n) is 9.84. The van der Waals surface area contributed by atoms with E-state index in [1.807, 2.05) is 19.9 Å². The molecular formula is C21H21FN4O4S2. The minimum absolute atomic E-state index is 0.0291. The van der Waals surface area contributed by atoms with Crippen LogP contribution in [0.4, 0.5) is 15.2 Å². The Morgan fingerprint density at radius 2 is 2.12 bits per heavy atom. The number of nitrogens with zero attached hydrogens (tertiary/aromatic N) is 2. The van der Waals surface area contributed by atoms with Gasteiger partial charge >= 0.3 is 5.76 Å². The number of nitrogen functional groups attached to an aromatic ring is 1. The predicted molar refractivity (Wildman–Crippen MR) is 122 cm³/mol. The van der Waals surface area contributed by atoms with E-state index in [0.717, 1.165) is 41.0 Å². The second kappa shape index (κ2) is 8.40. The summed E-state index contributed by atoms with van der Waals surface area (Å²) in [4.78, 5) is 16.0. The summed E-state index contributed by atoms with van der Waals surface area (Å²) >= 11 is 1.06. The number of fused-ring (bicyclic) bond motifs is 1. The fraction of sp³-hybridized carbons (Fsp3) is 0.238. The lowest BCUT2D eigenvalue weighted by Gasteiger charge is -2.21. The highest BCUT2D eigenvalue weighted by atomic mass is 32.2. The summed E-state index contributed by atoms with van der Waals surface area (Å²) < 4.78 is 49.3. The molecule has 4 rings (SSSR count). The second-order valence-corrected chi connectivity index (χ2v) is 9.84. The maximum absolute atomic E-state index is 15.0. The van der Waals surface area contributed by atoms with Gasteiger partial charge in [-0.2, -0.15) is 0 Å². The zero-order valence-corrected chi connectivity index (χ0v) is 19.0. The monoisotopic (exact) mass is 476 g/mol. The van der Waals surface area contributed by atoms with Crippen molar-refractivity contribution >= 4 is 43.3 Å². The molecule has 32 heavy (non-hydrogen) atoms. The van der Waals surface area contributed by atoms with Crippen LogP contribution in [-0.4, -0.2) is 18.0 Å². The van der Waals surface area contributed by atoms with Crippen molar-refractivity contribution in [2.75, 3.05) is 10.5 Å². The Labute approximate surface area is 187 Å². The molecule has 1 atom stereocenters. The molecule has 0 spiro atoms. The molecule has 0 aliphatic heterocycles. The van der Waals surface area contributed by atoms with Gasteiger partial charge in [0.1, 0.15) is 10.7 Å². The average Bonchev–Trinajstić information content (AvgIpc) is 3.34. The van der Waals surface area contributed by atoms with Crippen molar-refractivity contribution in [3.8, 4) is 0 Å². The van der Waals surface area contributed by atoms with E-state index in [2.05, 4.69) is 9.71 Å². The molecule has 0 aliphatic rings. The normalized spacial score (nSPS) is 12.8. The van der Waals surface area contributed by atoms with Crippen LogP contribution in [0.25, 0.3) is 11.1 Å². The van der Waals surface area contributed by atoms with Crippen molar-refractivity contribution in [3.05, 3.63) is 69.4 Å². The van der Waals surface area contributed by atoms with Gasteiger partial charge in [0.05, 0.1) is 11.6 Å². The van der Waals surface area contributed by atoms with E-state index in [-0.39, 0.29) is 16.2 Å². The molecule has 0 saturated heterocycles. The number of oxazole rings is 1. The highest BCUT2D eigenvalue weighted by Gasteiger charge is 2.27. The number of thiazole rings is 1. The zero-order chi connectivity index (χ0) is 23.0. The molecule has 1 unspecified atom stereocenters. The lowest BCUT2D eigenvalue weighted by molar-refractivity contribution is 0.456. The van der Waals surface area contributed by atoms with Gasteiger partial charge in [0.15, 0.2) is 10.7 Å². The summed E-state index contributed by atoms with van der Waals surface area (Å²) in [6.45, 7) is 3.83. The van der Waals surface area contributed by atoms with Crippen LogP contribution in [0.2, 0.25) is 0 Å². The highest BCUT2D eigenvalue weighted by Crippen LogP contribution is 2.32. The summed E-state index contributed by atoms with van der Waals surface area (Å²) in [6.07, 6.45) is 2.74. The van der Waals surface area contributed by atoms with Crippen LogP contribution in [0.1, 0.15) is 36.9 Å². The van der Waals surface area contributed by atoms with Gasteiger partial charge in [-0.15, -0.1) is 11.3 Å². The molecule has 2 aromatic carbocycles. The van der Waals surface area contributed by atoms with Crippen LogP contribution in [-0.2, 0) is 10.0 Å². The lowest BCUT2D eigenvalue weighted by Crippen LogP contribution is -2.22. The molecule has 0 aliphatic carbocycles. The number of aromatic nitrogens is 2. The summed E-state index contributed by atoms with van der Waals surface area (Å²) in [7, 11) is -4.27. The van der Waals surface area contributed by atoms with Gasteiger partial charge in [0.25, 0.3) is 10.0 Å². The Hall–Kier alpha value is -3.18. The minimum atomic E-state index is -4.27. The maximum atomic E-state index is 15.0. The highest BCUT2D eigenvalue weighted by molar-refractivity contribution is 7.93. The summed E-state index contributed by atoms with van der Waals surface area (Å²) in [5.74, 6) is -1.71. The fourth-order valence-corrected chi connectivity index (χ4v) is 5.58. The van der Waals surface area contributed by atoms with Gasteiger partial charge in [-0.1, -0.05) is 25.5 Å². The maximum Gasteiger partial charge on any atom is 0.420 e. The third-order valence-electron chi connectivity index (χ3n) is 5.26. The van der Waals surface area contributed by atoms with E-state index in [1.165, 1.54) is 10.8 Å². The third-order valence-corrected chi connectivity index (χ3v) is 7.43. The summed E-state index contributed by atoms with van der Waals surface area (Å²) in [5, 5.41) is 1.69. The molecule has 2 heterocycles. The van der Waals surface area contributed by atoms with E-state index in [9.17, 15) is 13.2 Å². The van der Waals surface area contributed by atoms with Gasteiger partial charge < -0.3 is 10.2 Å². The number of hydrogen-bond acceptors (Lipinski definition) is 7. The van der Waals surface area contributed by atoms with Gasteiger partial charge in [-0.3, -0.25) is 9.29 Å². The number of hydrogen-bond donors (Lipinski definition) is 2. The summed E-state index contributed by atoms with van der Waals surface area (Å²) in [6, 6.07) is 7.01. The third kappa shape index (κ3) is 3.89. The van der Waals surface area contributed by atoms with E-state index in [1.54, 1.807) is 17.5 Å². The molecule has 0 amide bonds. The first kappa shape index (κ1) is 22.0. The van der Waals surface area contributed by atoms with E-state index in [0.29, 0.717) is 12.1 Å². The Morgan fingerprint density at radius 1 is 1.34 bits per heavy atom. The van der Waals surface area contributed by atoms with Crippen LogP contribution in [0.3, 0.4) is 0 Å². The van der Waals surface area contributed by atoms with Crippen LogP contribution in [0.5, 0.6) is 0 Å². The molecule has 0 radical (unpaired) electrons. The Kier molecular flexibility index (Phi) is 5.78. The van der Waals surface area contributed by atoms with Crippen LogP contribution in [0.15, 0.2) is 56.0 Å². The van der Waals surface area contributed by atoms with Crippen molar-refractivity contribution in [1.29, 1.82) is 0 Å². The Bertz CT molecular complexity index is 1440. The SMILES string of the molecule is CCCC(c1cccc(N)c1C)n1c(=O)oc2cc(S(=O)(=O)Nc3nccs3)c(F)cc21. The molecule has 11 heteroatoms. The Balaban J connectivity index is 1.87. The van der Waals surface area contributed by atoms with Gasteiger partial charge in [-0.05, 0) is 30.5 Å². The van der Waals surface area contributed by atoms with E-state index >= 15 is 4.39 Å². The lowest BCUT2D eigenvalue weighted by atomic mass is 9.96. The molecule has 4 aromatic rings. The zero-order valence-electron chi connectivity index (χ0n) is 17.3. The van der Waals surface area contributed by atoms with Crippen LogP contribution in [0, 0.1) is 12.7 Å². The van der Waals surface area contributed by atoms with Crippen molar-refractivity contribution in [2.24, 2.45) is 0 Å². The van der Waals surface area contributed by atoms with Crippen molar-refractivity contribution in [3.63, 3.8) is 0 Å². The van der Waals surface area contributed by atoms with Gasteiger partial charge in [-0.25, -0.2) is 22.6 Å². The quantitative estimate of drug-likeness (QED) is 0.384.